The number of rotatable bonds is 5. The summed E-state index contributed by atoms with van der Waals surface area (Å²) in [4.78, 5) is 0. The van der Waals surface area contributed by atoms with Crippen LogP contribution in [0.3, 0.4) is 0 Å². The molecule has 0 bridgehead atoms. The summed E-state index contributed by atoms with van der Waals surface area (Å²) in [5.41, 5.74) is 2.97. The summed E-state index contributed by atoms with van der Waals surface area (Å²) in [6.07, 6.45) is 16.3. The summed E-state index contributed by atoms with van der Waals surface area (Å²) in [7, 11) is 0. The Labute approximate surface area is 176 Å². The second-order valence-corrected chi connectivity index (χ2v) is 12.9. The summed E-state index contributed by atoms with van der Waals surface area (Å²) < 4.78 is 4.02. The predicted molar refractivity (Wildman–Crippen MR) is 98.4 cm³/mol. The molecule has 0 spiro atoms. The molecule has 0 unspecified atom stereocenters. The van der Waals surface area contributed by atoms with E-state index in [2.05, 4.69) is 97.1 Å². The Kier molecular flexibility index (Phi) is 8.35. The van der Waals surface area contributed by atoms with Gasteiger partial charge in [0, 0.05) is 0 Å². The first-order valence-electron chi connectivity index (χ1n) is 8.62. The van der Waals surface area contributed by atoms with Crippen LogP contribution in [-0.4, -0.2) is 0 Å². The molecule has 0 amide bonds. The first kappa shape index (κ1) is 21.2. The van der Waals surface area contributed by atoms with Crippen LogP contribution in [-0.2, 0) is 21.8 Å². The number of allylic oxidation sites excluding steroid dienone is 8. The van der Waals surface area contributed by atoms with E-state index in [0.29, 0.717) is 3.63 Å². The average molecular weight is 460 g/mol. The van der Waals surface area contributed by atoms with Gasteiger partial charge in [0.1, 0.15) is 0 Å². The summed E-state index contributed by atoms with van der Waals surface area (Å²) in [6, 6.07) is 22.3. The third kappa shape index (κ3) is 4.58. The van der Waals surface area contributed by atoms with E-state index in [4.69, 9.17) is 0 Å². The van der Waals surface area contributed by atoms with Crippen LogP contribution in [0.1, 0.15) is 27.6 Å². The van der Waals surface area contributed by atoms with E-state index in [1.807, 2.05) is 0 Å². The van der Waals surface area contributed by atoms with Crippen molar-refractivity contribution in [2.24, 2.45) is 0 Å². The third-order valence-electron chi connectivity index (χ3n) is 4.79. The largest absolute Gasteiger partial charge is 1.00 e. The van der Waals surface area contributed by atoms with Crippen molar-refractivity contribution in [3.8, 4) is 0 Å². The van der Waals surface area contributed by atoms with Gasteiger partial charge >= 0.3 is 153 Å². The fraction of sp³-hybridized carbons (Fsp3) is 0.130. The smallest absolute Gasteiger partial charge is 1.00 e. The maximum atomic E-state index is 2.41. The molecule has 0 radical (unpaired) electrons. The zero-order valence-electron chi connectivity index (χ0n) is 14.5. The van der Waals surface area contributed by atoms with Gasteiger partial charge in [0.2, 0.25) is 0 Å². The van der Waals surface area contributed by atoms with E-state index in [1.54, 1.807) is 6.56 Å². The fourth-order valence-electron chi connectivity index (χ4n) is 3.69. The van der Waals surface area contributed by atoms with Crippen LogP contribution in [0.25, 0.3) is 0 Å². The number of halogens is 2. The monoisotopic (exact) mass is 457 g/mol. The molecule has 0 heterocycles. The molecule has 0 saturated heterocycles. The average Bonchev–Trinajstić information content (AvgIpc) is 3.35. The van der Waals surface area contributed by atoms with Crippen molar-refractivity contribution in [2.45, 2.75) is 16.5 Å². The van der Waals surface area contributed by atoms with Gasteiger partial charge in [0.05, 0.1) is 0 Å². The molecule has 0 aromatic heterocycles. The third-order valence-corrected chi connectivity index (χ3v) is 13.1. The molecule has 26 heavy (non-hydrogen) atoms. The second-order valence-electron chi connectivity index (χ2n) is 6.32. The zero-order valence-corrected chi connectivity index (χ0v) is 18.5. The van der Waals surface area contributed by atoms with E-state index < -0.39 is 21.8 Å². The molecule has 2 aromatic rings. The van der Waals surface area contributed by atoms with Crippen LogP contribution in [0, 0.1) is 0 Å². The Hall–Kier alpha value is -1.14. The molecule has 3 heteroatoms. The zero-order chi connectivity index (χ0) is 16.2. The van der Waals surface area contributed by atoms with E-state index in [-0.39, 0.29) is 24.8 Å². The maximum absolute atomic E-state index is 2.41. The van der Waals surface area contributed by atoms with Gasteiger partial charge in [-0.15, -0.1) is 0 Å². The molecule has 0 N–H and O–H groups in total. The molecule has 0 saturated carbocycles. The Balaban J connectivity index is 0.00000121. The summed E-state index contributed by atoms with van der Waals surface area (Å²) in [6.45, 7) is 0. The number of hydrogen-bond donors (Lipinski definition) is 0. The Bertz CT molecular complexity index is 750. The van der Waals surface area contributed by atoms with Crippen LogP contribution in [0.15, 0.2) is 104 Å². The maximum Gasteiger partial charge on any atom is -1.00 e. The van der Waals surface area contributed by atoms with E-state index in [1.165, 1.54) is 11.1 Å². The van der Waals surface area contributed by atoms with Crippen LogP contribution in [0.5, 0.6) is 0 Å². The molecule has 2 aliphatic rings. The van der Waals surface area contributed by atoms with Crippen LogP contribution in [0.4, 0.5) is 0 Å². The molecule has 0 nitrogen and oxygen atoms in total. The molecule has 0 fully saturated rings. The number of hydrogen-bond acceptors (Lipinski definition) is 0. The topological polar surface area (TPSA) is 0 Å². The second kappa shape index (κ2) is 10.3. The van der Waals surface area contributed by atoms with Crippen molar-refractivity contribution in [1.29, 1.82) is 0 Å². The van der Waals surface area contributed by atoms with Gasteiger partial charge in [0.25, 0.3) is 0 Å². The molecular formula is C23H21Cl2Zr. The standard InChI is InChI=1S/C13H11.2C5H5.2ClH.Zr/c1-3-7-12(8-4-1)11-13-9-5-2-6-10-13;2*1-2-4-5-3-1;;;/h1-11H;2*1-3H,4H2;2*1H;/q;;;;;+2/p-2. The summed E-state index contributed by atoms with van der Waals surface area (Å²) in [5, 5.41) is 0. The van der Waals surface area contributed by atoms with Crippen molar-refractivity contribution < 1.29 is 46.6 Å². The number of benzene rings is 2. The molecule has 2 aromatic carbocycles. The fourth-order valence-corrected chi connectivity index (χ4v) is 12.1. The van der Waals surface area contributed by atoms with E-state index >= 15 is 0 Å². The van der Waals surface area contributed by atoms with Crippen molar-refractivity contribution >= 4 is 0 Å². The van der Waals surface area contributed by atoms with Crippen molar-refractivity contribution in [1.82, 2.24) is 0 Å². The van der Waals surface area contributed by atoms with E-state index in [0.717, 1.165) is 12.8 Å². The minimum Gasteiger partial charge on any atom is -1.00 e. The first-order chi connectivity index (χ1) is 11.9. The molecule has 0 atom stereocenters. The van der Waals surface area contributed by atoms with Crippen LogP contribution in [0.2, 0.25) is 0 Å². The van der Waals surface area contributed by atoms with Gasteiger partial charge in [-0.1, -0.05) is 0 Å². The quantitative estimate of drug-likeness (QED) is 0.595. The molecule has 0 aliphatic heterocycles. The van der Waals surface area contributed by atoms with Gasteiger partial charge in [-0.25, -0.2) is 0 Å². The van der Waals surface area contributed by atoms with Crippen LogP contribution >= 0.6 is 0 Å². The molecular weight excluding hydrogens is 438 g/mol. The molecule has 4 rings (SSSR count). The van der Waals surface area contributed by atoms with Crippen molar-refractivity contribution in [3.05, 3.63) is 115 Å². The SMILES string of the molecule is C1=CC[C]([Zr+2]([C]2=CC=CC2)[CH](c2ccccc2)c2ccccc2)=C1.[Cl-].[Cl-]. The van der Waals surface area contributed by atoms with Crippen molar-refractivity contribution in [3.63, 3.8) is 0 Å². The normalized spacial score (nSPS) is 14.5. The molecule has 2 aliphatic carbocycles. The van der Waals surface area contributed by atoms with Gasteiger partial charge in [0.15, 0.2) is 0 Å². The summed E-state index contributed by atoms with van der Waals surface area (Å²) >= 11 is -2.03. The first-order valence-corrected chi connectivity index (χ1v) is 12.5. The van der Waals surface area contributed by atoms with Crippen LogP contribution < -0.4 is 24.8 Å². The summed E-state index contributed by atoms with van der Waals surface area (Å²) in [5.74, 6) is 0. The van der Waals surface area contributed by atoms with Gasteiger partial charge < -0.3 is 24.8 Å². The van der Waals surface area contributed by atoms with Gasteiger partial charge in [-0.2, -0.15) is 0 Å². The Morgan fingerprint density at radius 3 is 1.38 bits per heavy atom. The van der Waals surface area contributed by atoms with Gasteiger partial charge in [-0.05, 0) is 0 Å². The van der Waals surface area contributed by atoms with E-state index in [9.17, 15) is 0 Å². The predicted octanol–water partition coefficient (Wildman–Crippen LogP) is 0.0898. The molecule has 131 valence electrons. The van der Waals surface area contributed by atoms with Crippen molar-refractivity contribution in [2.75, 3.05) is 0 Å². The Morgan fingerprint density at radius 2 is 1.04 bits per heavy atom. The Morgan fingerprint density at radius 1 is 0.615 bits per heavy atom. The van der Waals surface area contributed by atoms with Gasteiger partial charge in [-0.3, -0.25) is 0 Å². The minimum atomic E-state index is -2.03. The minimum absolute atomic E-state index is 0.